The number of nitrogens with zero attached hydrogens (tertiary/aromatic N) is 2. The molecule has 2 N–H and O–H groups in total. The number of carbonyl (C=O) groups is 1. The summed E-state index contributed by atoms with van der Waals surface area (Å²) < 4.78 is 28.4. The average Bonchev–Trinajstić information content (AvgIpc) is 2.55. The van der Waals surface area contributed by atoms with E-state index >= 15 is 0 Å². The van der Waals surface area contributed by atoms with Crippen LogP contribution in [0.1, 0.15) is 25.3 Å². The lowest BCUT2D eigenvalue weighted by atomic mass is 10.2. The van der Waals surface area contributed by atoms with Crippen LogP contribution in [-0.2, 0) is 15.0 Å². The van der Waals surface area contributed by atoms with Gasteiger partial charge in [0.1, 0.15) is 6.04 Å². The van der Waals surface area contributed by atoms with Gasteiger partial charge in [-0.1, -0.05) is 31.0 Å². The number of carboxylic acids is 1. The van der Waals surface area contributed by atoms with Crippen LogP contribution in [-0.4, -0.2) is 56.0 Å². The van der Waals surface area contributed by atoms with E-state index in [9.17, 15) is 13.2 Å². The van der Waals surface area contributed by atoms with E-state index in [4.69, 9.17) is 5.11 Å². The highest BCUT2D eigenvalue weighted by molar-refractivity contribution is 7.87. The van der Waals surface area contributed by atoms with Gasteiger partial charge in [-0.25, -0.2) is 0 Å². The molecule has 0 saturated carbocycles. The number of aliphatic carboxylic acids is 1. The van der Waals surface area contributed by atoms with Crippen molar-refractivity contribution in [1.82, 2.24) is 9.03 Å². The molecule has 24 heavy (non-hydrogen) atoms. The Bertz CT molecular complexity index is 652. The Morgan fingerprint density at radius 2 is 1.79 bits per heavy atom. The molecular formula is C16H25N3O4S. The van der Waals surface area contributed by atoms with E-state index in [1.165, 1.54) is 9.87 Å². The maximum absolute atomic E-state index is 12.4. The normalized spacial score (nSPS) is 17.7. The highest BCUT2D eigenvalue weighted by atomic mass is 32.2. The summed E-state index contributed by atoms with van der Waals surface area (Å²) in [6, 6.07) is 7.04. The Morgan fingerprint density at radius 3 is 2.29 bits per heavy atom. The van der Waals surface area contributed by atoms with Gasteiger partial charge in [-0.05, 0) is 25.5 Å². The minimum absolute atomic E-state index is 0.276. The van der Waals surface area contributed by atoms with E-state index in [1.54, 1.807) is 0 Å². The lowest BCUT2D eigenvalue weighted by Gasteiger charge is -2.35. The third-order valence-electron chi connectivity index (χ3n) is 4.14. The number of hydrogen-bond donors (Lipinski definition) is 2. The molecule has 2 rings (SSSR count). The van der Waals surface area contributed by atoms with E-state index in [0.717, 1.165) is 5.69 Å². The first kappa shape index (κ1) is 18.7. The topological polar surface area (TPSA) is 90.0 Å². The molecule has 0 aromatic heterocycles. The molecule has 0 aliphatic carbocycles. The molecule has 1 fully saturated rings. The quantitative estimate of drug-likeness (QED) is 0.767. The predicted octanol–water partition coefficient (Wildman–Crippen LogP) is 1.20. The smallest absolute Gasteiger partial charge is 0.321 e. The Hall–Kier alpha value is -1.64. The van der Waals surface area contributed by atoms with Crippen LogP contribution >= 0.6 is 0 Å². The summed E-state index contributed by atoms with van der Waals surface area (Å²) in [5.74, 6) is -1.14. The maximum atomic E-state index is 12.4. The molecule has 1 aromatic carbocycles. The van der Waals surface area contributed by atoms with Gasteiger partial charge in [0.25, 0.3) is 10.2 Å². The zero-order chi connectivity index (χ0) is 17.7. The fraction of sp³-hybridized carbons (Fsp3) is 0.562. The van der Waals surface area contributed by atoms with E-state index < -0.39 is 22.2 Å². The fourth-order valence-electron chi connectivity index (χ4n) is 2.72. The lowest BCUT2D eigenvalue weighted by molar-refractivity contribution is -0.139. The second kappa shape index (κ2) is 7.96. The predicted molar refractivity (Wildman–Crippen MR) is 93.4 cm³/mol. The van der Waals surface area contributed by atoms with Gasteiger partial charge in [-0.3, -0.25) is 4.79 Å². The van der Waals surface area contributed by atoms with Crippen LogP contribution in [0.25, 0.3) is 0 Å². The van der Waals surface area contributed by atoms with Crippen molar-refractivity contribution >= 4 is 21.9 Å². The number of aryl methyl sites for hydroxylation is 1. The molecule has 1 atom stereocenters. The van der Waals surface area contributed by atoms with Gasteiger partial charge in [0.2, 0.25) is 0 Å². The summed E-state index contributed by atoms with van der Waals surface area (Å²) in [7, 11) is -3.79. The molecule has 1 aliphatic rings. The van der Waals surface area contributed by atoms with Crippen LogP contribution < -0.4 is 9.62 Å². The number of rotatable bonds is 7. The van der Waals surface area contributed by atoms with Gasteiger partial charge in [0, 0.05) is 31.9 Å². The van der Waals surface area contributed by atoms with E-state index in [-0.39, 0.29) is 6.42 Å². The lowest BCUT2D eigenvalue weighted by Crippen LogP contribution is -2.54. The van der Waals surface area contributed by atoms with E-state index in [0.29, 0.717) is 32.6 Å². The average molecular weight is 355 g/mol. The molecule has 0 radical (unpaired) electrons. The molecule has 0 bridgehead atoms. The van der Waals surface area contributed by atoms with Gasteiger partial charge in [0.05, 0.1) is 0 Å². The molecule has 0 amide bonds. The van der Waals surface area contributed by atoms with Crippen molar-refractivity contribution in [3.05, 3.63) is 29.8 Å². The van der Waals surface area contributed by atoms with Crippen molar-refractivity contribution in [1.29, 1.82) is 0 Å². The minimum Gasteiger partial charge on any atom is -0.480 e. The van der Waals surface area contributed by atoms with Crippen molar-refractivity contribution in [2.45, 2.75) is 32.7 Å². The summed E-state index contributed by atoms with van der Waals surface area (Å²) in [6.45, 7) is 5.67. The van der Waals surface area contributed by atoms with Crippen LogP contribution in [0.15, 0.2) is 24.3 Å². The molecule has 1 saturated heterocycles. The van der Waals surface area contributed by atoms with Crippen LogP contribution in [0.3, 0.4) is 0 Å². The molecular weight excluding hydrogens is 330 g/mol. The minimum atomic E-state index is -3.79. The van der Waals surface area contributed by atoms with Crippen molar-refractivity contribution in [3.63, 3.8) is 0 Å². The third-order valence-corrected chi connectivity index (χ3v) is 5.77. The van der Waals surface area contributed by atoms with Gasteiger partial charge in [0.15, 0.2) is 0 Å². The Morgan fingerprint density at radius 1 is 1.21 bits per heavy atom. The van der Waals surface area contributed by atoms with E-state index in [2.05, 4.69) is 9.62 Å². The Balaban J connectivity index is 1.97. The maximum Gasteiger partial charge on any atom is 0.321 e. The van der Waals surface area contributed by atoms with Crippen molar-refractivity contribution in [3.8, 4) is 0 Å². The number of nitrogens with one attached hydrogen (secondary N) is 1. The Kier molecular flexibility index (Phi) is 6.20. The Labute approximate surface area is 143 Å². The molecule has 1 heterocycles. The van der Waals surface area contributed by atoms with Crippen molar-refractivity contribution in [2.24, 2.45) is 0 Å². The third kappa shape index (κ3) is 4.68. The van der Waals surface area contributed by atoms with Crippen LogP contribution in [0.5, 0.6) is 0 Å². The monoisotopic (exact) mass is 355 g/mol. The first-order chi connectivity index (χ1) is 11.3. The largest absolute Gasteiger partial charge is 0.480 e. The second-order valence-corrected chi connectivity index (χ2v) is 7.73. The zero-order valence-electron chi connectivity index (χ0n) is 14.1. The van der Waals surface area contributed by atoms with Crippen molar-refractivity contribution in [2.75, 3.05) is 31.1 Å². The number of hydrogen-bond acceptors (Lipinski definition) is 4. The zero-order valence-corrected chi connectivity index (χ0v) is 14.9. The molecule has 0 unspecified atom stereocenters. The van der Waals surface area contributed by atoms with Crippen LogP contribution in [0.4, 0.5) is 5.69 Å². The summed E-state index contributed by atoms with van der Waals surface area (Å²) >= 11 is 0. The molecule has 1 aromatic rings. The van der Waals surface area contributed by atoms with Gasteiger partial charge >= 0.3 is 5.97 Å². The number of benzene rings is 1. The first-order valence-corrected chi connectivity index (χ1v) is 9.59. The van der Waals surface area contributed by atoms with Crippen molar-refractivity contribution < 1.29 is 18.3 Å². The highest BCUT2D eigenvalue weighted by Crippen LogP contribution is 2.18. The van der Waals surface area contributed by atoms with E-state index in [1.807, 2.05) is 38.1 Å². The molecule has 1 aliphatic heterocycles. The number of piperazine rings is 1. The molecule has 7 nitrogen and oxygen atoms in total. The summed E-state index contributed by atoms with van der Waals surface area (Å²) in [6.07, 6.45) is 0.874. The second-order valence-electron chi connectivity index (χ2n) is 6.02. The summed E-state index contributed by atoms with van der Waals surface area (Å²) in [5.41, 5.74) is 2.25. The van der Waals surface area contributed by atoms with Gasteiger partial charge < -0.3 is 10.0 Å². The van der Waals surface area contributed by atoms with Crippen LogP contribution in [0, 0.1) is 6.92 Å². The number of carboxylic acid groups (broad SMARTS) is 1. The summed E-state index contributed by atoms with van der Waals surface area (Å²) in [5, 5.41) is 9.13. The standard InChI is InChI=1S/C16H25N3O4S/c1-3-4-15(16(20)21)17-24(22,23)19-11-9-18(10-12-19)14-7-5-13(2)6-8-14/h5-8,15,17H,3-4,9-12H2,1-2H3,(H,20,21)/t15-/m0/s1. The van der Waals surface area contributed by atoms with Gasteiger partial charge in [-0.2, -0.15) is 17.4 Å². The molecule has 0 spiro atoms. The fourth-order valence-corrected chi connectivity index (χ4v) is 4.09. The summed E-state index contributed by atoms with van der Waals surface area (Å²) in [4.78, 5) is 13.3. The number of anilines is 1. The highest BCUT2D eigenvalue weighted by Gasteiger charge is 2.31. The molecule has 8 heteroatoms. The van der Waals surface area contributed by atoms with Gasteiger partial charge in [-0.15, -0.1) is 0 Å². The molecule has 134 valence electrons. The SMILES string of the molecule is CCC[C@H](NS(=O)(=O)N1CCN(c2ccc(C)cc2)CC1)C(=O)O. The first-order valence-electron chi connectivity index (χ1n) is 8.15. The van der Waals surface area contributed by atoms with Crippen LogP contribution in [0.2, 0.25) is 0 Å².